The van der Waals surface area contributed by atoms with Gasteiger partial charge in [-0.15, -0.1) is 0 Å². The standard InChI is InChI=1S/C24H19N3O3S/c28-24(26-22-12-13-23-20(17-22)7-4-15-25-23)19-8-10-21(11-9-19)27-31(29,30)16-14-18-5-2-1-3-6-18/h1-17,27H,(H,26,28). The zero-order valence-corrected chi connectivity index (χ0v) is 17.2. The van der Waals surface area contributed by atoms with Crippen LogP contribution in [0.2, 0.25) is 0 Å². The number of amides is 1. The van der Waals surface area contributed by atoms with Gasteiger partial charge in [0, 0.05) is 28.5 Å². The first-order valence-electron chi connectivity index (χ1n) is 9.51. The van der Waals surface area contributed by atoms with E-state index >= 15 is 0 Å². The smallest absolute Gasteiger partial charge is 0.255 e. The highest BCUT2D eigenvalue weighted by atomic mass is 32.2. The molecule has 1 aromatic heterocycles. The molecule has 6 nitrogen and oxygen atoms in total. The minimum atomic E-state index is -3.67. The Labute approximate surface area is 180 Å². The Balaban J connectivity index is 1.42. The molecule has 0 bridgehead atoms. The van der Waals surface area contributed by atoms with Crippen LogP contribution in [0, 0.1) is 0 Å². The number of aromatic nitrogens is 1. The molecule has 1 amide bonds. The molecular formula is C24H19N3O3S. The third-order valence-electron chi connectivity index (χ3n) is 4.51. The maximum absolute atomic E-state index is 12.5. The first-order chi connectivity index (χ1) is 15.0. The van der Waals surface area contributed by atoms with Gasteiger partial charge in [0.15, 0.2) is 0 Å². The average molecular weight is 430 g/mol. The minimum absolute atomic E-state index is 0.290. The van der Waals surface area contributed by atoms with E-state index in [9.17, 15) is 13.2 Å². The Kier molecular flexibility index (Phi) is 5.77. The van der Waals surface area contributed by atoms with Crippen molar-refractivity contribution in [2.45, 2.75) is 0 Å². The van der Waals surface area contributed by atoms with E-state index < -0.39 is 10.0 Å². The fourth-order valence-electron chi connectivity index (χ4n) is 2.98. The summed E-state index contributed by atoms with van der Waals surface area (Å²) in [5.74, 6) is -0.290. The summed E-state index contributed by atoms with van der Waals surface area (Å²) in [6.07, 6.45) is 3.23. The average Bonchev–Trinajstić information content (AvgIpc) is 2.79. The Hall–Kier alpha value is -3.97. The molecule has 0 aliphatic carbocycles. The molecule has 0 aliphatic rings. The molecule has 0 radical (unpaired) electrons. The van der Waals surface area contributed by atoms with Gasteiger partial charge in [0.2, 0.25) is 0 Å². The number of pyridine rings is 1. The van der Waals surface area contributed by atoms with Crippen molar-refractivity contribution in [2.24, 2.45) is 0 Å². The quantitative estimate of drug-likeness (QED) is 0.456. The molecule has 7 heteroatoms. The largest absolute Gasteiger partial charge is 0.322 e. The number of hydrogen-bond donors (Lipinski definition) is 2. The fourth-order valence-corrected chi connectivity index (χ4v) is 3.85. The molecule has 0 fully saturated rings. The lowest BCUT2D eigenvalue weighted by Crippen LogP contribution is -2.12. The van der Waals surface area contributed by atoms with Gasteiger partial charge < -0.3 is 5.32 Å². The van der Waals surface area contributed by atoms with Crippen molar-refractivity contribution in [2.75, 3.05) is 10.0 Å². The first-order valence-corrected chi connectivity index (χ1v) is 11.1. The van der Waals surface area contributed by atoms with E-state index in [1.54, 1.807) is 36.5 Å². The molecule has 0 unspecified atom stereocenters. The molecule has 3 aromatic carbocycles. The zero-order valence-electron chi connectivity index (χ0n) is 16.4. The summed E-state index contributed by atoms with van der Waals surface area (Å²) in [5, 5.41) is 4.87. The molecule has 4 aromatic rings. The van der Waals surface area contributed by atoms with Crippen LogP contribution in [0.1, 0.15) is 15.9 Å². The van der Waals surface area contributed by atoms with Crippen molar-refractivity contribution in [3.05, 3.63) is 108 Å². The predicted octanol–water partition coefficient (Wildman–Crippen LogP) is 4.90. The van der Waals surface area contributed by atoms with Crippen molar-refractivity contribution in [1.29, 1.82) is 0 Å². The third kappa shape index (κ3) is 5.34. The summed E-state index contributed by atoms with van der Waals surface area (Å²) in [6.45, 7) is 0. The van der Waals surface area contributed by atoms with Gasteiger partial charge in [0.05, 0.1) is 10.9 Å². The van der Waals surface area contributed by atoms with Crippen LogP contribution in [0.4, 0.5) is 11.4 Å². The maximum Gasteiger partial charge on any atom is 0.255 e. The van der Waals surface area contributed by atoms with Gasteiger partial charge in [-0.25, -0.2) is 8.42 Å². The highest BCUT2D eigenvalue weighted by Crippen LogP contribution is 2.19. The molecule has 154 valence electrons. The van der Waals surface area contributed by atoms with Crippen molar-refractivity contribution in [3.8, 4) is 0 Å². The lowest BCUT2D eigenvalue weighted by Gasteiger charge is -2.08. The van der Waals surface area contributed by atoms with Crippen LogP contribution in [-0.2, 0) is 10.0 Å². The topological polar surface area (TPSA) is 88.2 Å². The van der Waals surface area contributed by atoms with Crippen LogP contribution in [0.5, 0.6) is 0 Å². The normalized spacial score (nSPS) is 11.5. The van der Waals surface area contributed by atoms with Crippen molar-refractivity contribution in [3.63, 3.8) is 0 Å². The van der Waals surface area contributed by atoms with Crippen molar-refractivity contribution >= 4 is 44.3 Å². The van der Waals surface area contributed by atoms with E-state index in [4.69, 9.17) is 0 Å². The first kappa shape index (κ1) is 20.3. The Morgan fingerprint density at radius 1 is 0.839 bits per heavy atom. The second-order valence-corrected chi connectivity index (χ2v) is 8.37. The SMILES string of the molecule is O=C(Nc1ccc2ncccc2c1)c1ccc(NS(=O)(=O)C=Cc2ccccc2)cc1. The molecule has 0 atom stereocenters. The maximum atomic E-state index is 12.5. The number of benzene rings is 3. The van der Waals surface area contributed by atoms with Crippen molar-refractivity contribution < 1.29 is 13.2 Å². The molecule has 31 heavy (non-hydrogen) atoms. The van der Waals surface area contributed by atoms with E-state index in [1.165, 1.54) is 6.08 Å². The Bertz CT molecular complexity index is 1350. The van der Waals surface area contributed by atoms with E-state index in [2.05, 4.69) is 15.0 Å². The molecule has 0 spiro atoms. The van der Waals surface area contributed by atoms with Gasteiger partial charge in [-0.2, -0.15) is 0 Å². The highest BCUT2D eigenvalue weighted by Gasteiger charge is 2.09. The summed E-state index contributed by atoms with van der Waals surface area (Å²) in [5.41, 5.74) is 3.06. The van der Waals surface area contributed by atoms with E-state index in [1.807, 2.05) is 54.6 Å². The summed E-state index contributed by atoms with van der Waals surface area (Å²) in [7, 11) is -3.67. The lowest BCUT2D eigenvalue weighted by molar-refractivity contribution is 0.102. The number of rotatable bonds is 6. The second kappa shape index (κ2) is 8.81. The molecule has 2 N–H and O–H groups in total. The number of nitrogens with zero attached hydrogens (tertiary/aromatic N) is 1. The number of nitrogens with one attached hydrogen (secondary N) is 2. The number of fused-ring (bicyclic) bond motifs is 1. The van der Waals surface area contributed by atoms with Gasteiger partial charge in [-0.3, -0.25) is 14.5 Å². The van der Waals surface area contributed by atoms with Crippen molar-refractivity contribution in [1.82, 2.24) is 4.98 Å². The minimum Gasteiger partial charge on any atom is -0.322 e. The molecule has 0 saturated carbocycles. The molecule has 0 saturated heterocycles. The predicted molar refractivity (Wildman–Crippen MR) is 124 cm³/mol. The van der Waals surface area contributed by atoms with Crippen LogP contribution in [0.15, 0.2) is 96.5 Å². The monoisotopic (exact) mass is 429 g/mol. The summed E-state index contributed by atoms with van der Waals surface area (Å²) >= 11 is 0. The highest BCUT2D eigenvalue weighted by molar-refractivity contribution is 7.95. The van der Waals surface area contributed by atoms with Crippen LogP contribution < -0.4 is 10.0 Å². The third-order valence-corrected chi connectivity index (χ3v) is 5.52. The van der Waals surface area contributed by atoms with Crippen LogP contribution in [-0.4, -0.2) is 19.3 Å². The summed E-state index contributed by atoms with van der Waals surface area (Å²) in [4.78, 5) is 16.8. The second-order valence-electron chi connectivity index (χ2n) is 6.80. The molecule has 4 rings (SSSR count). The number of carbonyl (C=O) groups is 1. The lowest BCUT2D eigenvalue weighted by atomic mass is 10.1. The summed E-state index contributed by atoms with van der Waals surface area (Å²) < 4.78 is 27.0. The fraction of sp³-hybridized carbons (Fsp3) is 0. The van der Waals surface area contributed by atoms with Crippen LogP contribution in [0.3, 0.4) is 0 Å². The molecular weight excluding hydrogens is 410 g/mol. The van der Waals surface area contributed by atoms with Gasteiger partial charge >= 0.3 is 0 Å². The number of hydrogen-bond acceptors (Lipinski definition) is 4. The molecule has 1 heterocycles. The van der Waals surface area contributed by atoms with Gasteiger partial charge in [-0.1, -0.05) is 36.4 Å². The zero-order chi connectivity index (χ0) is 21.7. The van der Waals surface area contributed by atoms with Crippen LogP contribution in [0.25, 0.3) is 17.0 Å². The van der Waals surface area contributed by atoms with Gasteiger partial charge in [0.1, 0.15) is 0 Å². The van der Waals surface area contributed by atoms with E-state index in [0.29, 0.717) is 16.9 Å². The van der Waals surface area contributed by atoms with Gasteiger partial charge in [0.25, 0.3) is 15.9 Å². The molecule has 0 aliphatic heterocycles. The number of sulfonamides is 1. The van der Waals surface area contributed by atoms with Gasteiger partial charge in [-0.05, 0) is 60.2 Å². The van der Waals surface area contributed by atoms with E-state index in [0.717, 1.165) is 21.9 Å². The number of carbonyl (C=O) groups excluding carboxylic acids is 1. The Morgan fingerprint density at radius 3 is 2.35 bits per heavy atom. The number of anilines is 2. The van der Waals surface area contributed by atoms with E-state index in [-0.39, 0.29) is 5.91 Å². The van der Waals surface area contributed by atoms with Crippen LogP contribution >= 0.6 is 0 Å². The Morgan fingerprint density at radius 2 is 1.58 bits per heavy atom. The summed E-state index contributed by atoms with van der Waals surface area (Å²) in [6, 6.07) is 24.6.